The number of quaternary nitrogens is 1. The van der Waals surface area contributed by atoms with Crippen LogP contribution in [0.5, 0.6) is 0 Å². The first-order chi connectivity index (χ1) is 8.85. The summed E-state index contributed by atoms with van der Waals surface area (Å²) in [4.78, 5) is 11.0. The van der Waals surface area contributed by atoms with Crippen molar-refractivity contribution < 1.29 is 40.1 Å². The van der Waals surface area contributed by atoms with Crippen molar-refractivity contribution in [1.82, 2.24) is 0 Å². The molecule has 0 aromatic heterocycles. The van der Waals surface area contributed by atoms with E-state index in [9.17, 15) is 13.6 Å². The average Bonchev–Trinajstić information content (AvgIpc) is 2.31. The quantitative estimate of drug-likeness (QED) is 0.422. The standard InChI is InChI=1S/C14H27F2NO2.BrH.ClH/c1-4-7-10-17(11-8-5-2,12-13(18)19)14(15,16)9-6-3;;/h4-12H2,1-3H3;2*1H. The zero-order valence-electron chi connectivity index (χ0n) is 13.2. The van der Waals surface area contributed by atoms with Gasteiger partial charge in [-0.05, 0) is 19.3 Å². The Morgan fingerprint density at radius 2 is 1.48 bits per heavy atom. The number of halogens is 4. The van der Waals surface area contributed by atoms with Crippen LogP contribution in [0.4, 0.5) is 8.78 Å². The molecule has 0 aromatic rings. The van der Waals surface area contributed by atoms with Gasteiger partial charge in [-0.3, -0.25) is 4.48 Å². The van der Waals surface area contributed by atoms with E-state index in [0.29, 0.717) is 19.3 Å². The van der Waals surface area contributed by atoms with Crippen LogP contribution in [0.2, 0.25) is 0 Å². The van der Waals surface area contributed by atoms with E-state index in [1.165, 1.54) is 0 Å². The van der Waals surface area contributed by atoms with Crippen molar-refractivity contribution in [3.05, 3.63) is 0 Å². The van der Waals surface area contributed by atoms with E-state index in [1.807, 2.05) is 13.8 Å². The Hall–Kier alpha value is 0.0600. The average molecular weight is 397 g/mol. The SMILES string of the molecule is CCCC[N+](CCCC)(CC(=O)O)C(F)(F)CCC.Cl.[Br-]. The molecule has 0 unspecified atom stereocenters. The van der Waals surface area contributed by atoms with Crippen molar-refractivity contribution in [2.75, 3.05) is 19.6 Å². The Morgan fingerprint density at radius 1 is 1.05 bits per heavy atom. The summed E-state index contributed by atoms with van der Waals surface area (Å²) >= 11 is 0. The van der Waals surface area contributed by atoms with Gasteiger partial charge in [0.2, 0.25) is 0 Å². The number of hydrogen-bond acceptors (Lipinski definition) is 1. The number of nitrogens with zero attached hydrogens (tertiary/aromatic N) is 1. The highest BCUT2D eigenvalue weighted by molar-refractivity contribution is 5.85. The molecule has 0 spiro atoms. The zero-order valence-corrected chi connectivity index (χ0v) is 15.6. The lowest BCUT2D eigenvalue weighted by molar-refractivity contribution is -1.00. The minimum Gasteiger partial charge on any atom is -1.00 e. The first kappa shape index (κ1) is 26.0. The van der Waals surface area contributed by atoms with Gasteiger partial charge in [-0.2, -0.15) is 0 Å². The second-order valence-electron chi connectivity index (χ2n) is 5.27. The summed E-state index contributed by atoms with van der Waals surface area (Å²) in [5, 5.41) is 9.03. The largest absolute Gasteiger partial charge is 1.00 e. The van der Waals surface area contributed by atoms with Crippen molar-refractivity contribution >= 4 is 18.4 Å². The minimum atomic E-state index is -2.95. The van der Waals surface area contributed by atoms with Gasteiger partial charge in [-0.1, -0.05) is 33.6 Å². The maximum atomic E-state index is 14.5. The first-order valence-electron chi connectivity index (χ1n) is 7.31. The molecule has 130 valence electrons. The molecule has 0 saturated heterocycles. The molecular formula is C14H29BrClF2NO2. The summed E-state index contributed by atoms with van der Waals surface area (Å²) in [5.41, 5.74) is 0. The molecule has 0 aliphatic carbocycles. The third-order valence-corrected chi connectivity index (χ3v) is 3.56. The minimum absolute atomic E-state index is 0. The van der Waals surface area contributed by atoms with Crippen molar-refractivity contribution in [1.29, 1.82) is 0 Å². The fraction of sp³-hybridized carbons (Fsp3) is 0.929. The number of hydrogen-bond donors (Lipinski definition) is 1. The van der Waals surface area contributed by atoms with Crippen LogP contribution in [0.15, 0.2) is 0 Å². The lowest BCUT2D eigenvalue weighted by atomic mass is 10.1. The van der Waals surface area contributed by atoms with Crippen LogP contribution >= 0.6 is 12.4 Å². The molecule has 0 aromatic carbocycles. The topological polar surface area (TPSA) is 37.3 Å². The maximum Gasteiger partial charge on any atom is 0.390 e. The lowest BCUT2D eigenvalue weighted by Crippen LogP contribution is -3.00. The van der Waals surface area contributed by atoms with E-state index in [4.69, 9.17) is 5.11 Å². The fourth-order valence-corrected chi connectivity index (χ4v) is 2.43. The van der Waals surface area contributed by atoms with Gasteiger partial charge in [0.25, 0.3) is 0 Å². The number of carboxylic acid groups (broad SMARTS) is 1. The predicted molar refractivity (Wildman–Crippen MR) is 79.4 cm³/mol. The Kier molecular flexibility index (Phi) is 15.6. The second kappa shape index (κ2) is 12.6. The van der Waals surface area contributed by atoms with Crippen molar-refractivity contribution in [3.63, 3.8) is 0 Å². The van der Waals surface area contributed by atoms with Crippen LogP contribution in [-0.2, 0) is 4.79 Å². The first-order valence-corrected chi connectivity index (χ1v) is 7.31. The van der Waals surface area contributed by atoms with E-state index < -0.39 is 23.0 Å². The summed E-state index contributed by atoms with van der Waals surface area (Å²) in [5.74, 6) is -1.14. The molecule has 21 heavy (non-hydrogen) atoms. The molecule has 3 nitrogen and oxygen atoms in total. The molecule has 0 atom stereocenters. The van der Waals surface area contributed by atoms with Gasteiger partial charge in [-0.25, -0.2) is 4.79 Å². The molecule has 0 bridgehead atoms. The number of rotatable bonds is 11. The molecule has 0 heterocycles. The molecule has 1 N–H and O–H groups in total. The second-order valence-corrected chi connectivity index (χ2v) is 5.27. The molecule has 0 rings (SSSR count). The smallest absolute Gasteiger partial charge is 0.390 e. The van der Waals surface area contributed by atoms with E-state index in [2.05, 4.69) is 0 Å². The van der Waals surface area contributed by atoms with Crippen LogP contribution in [-0.4, -0.2) is 41.2 Å². The summed E-state index contributed by atoms with van der Waals surface area (Å²) in [6, 6.07) is -2.95. The monoisotopic (exact) mass is 395 g/mol. The van der Waals surface area contributed by atoms with E-state index >= 15 is 0 Å². The number of alkyl halides is 2. The highest BCUT2D eigenvalue weighted by Crippen LogP contribution is 2.34. The molecule has 0 fully saturated rings. The van der Waals surface area contributed by atoms with Crippen LogP contribution < -0.4 is 17.0 Å². The number of aliphatic carboxylic acids is 1. The third kappa shape index (κ3) is 8.31. The maximum absolute atomic E-state index is 14.5. The summed E-state index contributed by atoms with van der Waals surface area (Å²) in [7, 11) is 0. The van der Waals surface area contributed by atoms with Crippen LogP contribution in [0.3, 0.4) is 0 Å². The van der Waals surface area contributed by atoms with Gasteiger partial charge in [0.1, 0.15) is 0 Å². The van der Waals surface area contributed by atoms with Crippen LogP contribution in [0, 0.1) is 0 Å². The van der Waals surface area contributed by atoms with Gasteiger partial charge >= 0.3 is 12.0 Å². The molecule has 0 saturated carbocycles. The summed E-state index contributed by atoms with van der Waals surface area (Å²) in [6.45, 7) is 5.60. The van der Waals surface area contributed by atoms with Gasteiger partial charge < -0.3 is 22.1 Å². The molecule has 0 aliphatic heterocycles. The Labute approximate surface area is 143 Å². The number of unbranched alkanes of at least 4 members (excludes halogenated alkanes) is 2. The van der Waals surface area contributed by atoms with Gasteiger partial charge in [-0.15, -0.1) is 21.2 Å². The van der Waals surface area contributed by atoms with Crippen LogP contribution in [0.25, 0.3) is 0 Å². The lowest BCUT2D eigenvalue weighted by Gasteiger charge is -2.43. The Morgan fingerprint density at radius 3 is 1.76 bits per heavy atom. The summed E-state index contributed by atoms with van der Waals surface area (Å²) in [6.07, 6.45) is 2.99. The molecule has 0 radical (unpaired) electrons. The van der Waals surface area contributed by atoms with E-state index in [0.717, 1.165) is 12.8 Å². The van der Waals surface area contributed by atoms with Gasteiger partial charge in [0.15, 0.2) is 6.54 Å². The highest BCUT2D eigenvalue weighted by Gasteiger charge is 2.52. The molecule has 0 amide bonds. The number of carboxylic acids is 1. The fourth-order valence-electron chi connectivity index (χ4n) is 2.43. The van der Waals surface area contributed by atoms with Gasteiger partial charge in [0, 0.05) is 0 Å². The van der Waals surface area contributed by atoms with E-state index in [-0.39, 0.29) is 48.9 Å². The Bertz CT molecular complexity index is 274. The van der Waals surface area contributed by atoms with Crippen molar-refractivity contribution in [2.45, 2.75) is 65.3 Å². The van der Waals surface area contributed by atoms with Crippen molar-refractivity contribution in [3.8, 4) is 0 Å². The molecule has 7 heteroatoms. The molecular weight excluding hydrogens is 368 g/mol. The normalized spacial score (nSPS) is 11.5. The molecule has 0 aliphatic rings. The van der Waals surface area contributed by atoms with Gasteiger partial charge in [0.05, 0.1) is 19.5 Å². The number of carbonyl (C=O) groups is 1. The predicted octanol–water partition coefficient (Wildman–Crippen LogP) is 1.31. The third-order valence-electron chi connectivity index (χ3n) is 3.56. The van der Waals surface area contributed by atoms with Crippen LogP contribution in [0.1, 0.15) is 59.3 Å². The van der Waals surface area contributed by atoms with Crippen molar-refractivity contribution in [2.24, 2.45) is 0 Å². The zero-order chi connectivity index (χ0) is 14.9. The Balaban J connectivity index is -0.00000162. The highest BCUT2D eigenvalue weighted by atomic mass is 79.9. The van der Waals surface area contributed by atoms with E-state index in [1.54, 1.807) is 6.92 Å². The summed E-state index contributed by atoms with van der Waals surface area (Å²) < 4.78 is 28.3.